The van der Waals surface area contributed by atoms with Crippen molar-refractivity contribution in [2.45, 2.75) is 160 Å². The molecular formula is C66H81N13O13S. The molecule has 0 bridgehead atoms. The molecule has 2 aliphatic rings. The molecule has 2 aliphatic heterocycles. The fourth-order valence-corrected chi connectivity index (χ4v) is 11.4. The highest BCUT2D eigenvalue weighted by molar-refractivity contribution is 8.00. The van der Waals surface area contributed by atoms with Gasteiger partial charge in [-0.3, -0.25) is 28.8 Å². The number of aromatic nitrogens is 7. The Balaban J connectivity index is 0.737. The van der Waals surface area contributed by atoms with Gasteiger partial charge in [0.05, 0.1) is 67.1 Å². The zero-order valence-electron chi connectivity index (χ0n) is 53.6. The molecule has 494 valence electrons. The lowest BCUT2D eigenvalue weighted by molar-refractivity contribution is -0.175. The zero-order chi connectivity index (χ0) is 66.7. The molecular weight excluding hydrogens is 1210 g/mol. The molecule has 6 aromatic rings. The number of nitrogens with zero attached hydrogens (tertiary/aromatic N) is 8. The third-order valence-corrected chi connectivity index (χ3v) is 16.3. The van der Waals surface area contributed by atoms with Crippen LogP contribution in [0.1, 0.15) is 132 Å². The van der Waals surface area contributed by atoms with E-state index in [4.69, 9.17) is 34.4 Å². The molecule has 6 heterocycles. The number of thioether (sulfide) groups is 1. The molecule has 0 spiro atoms. The third-order valence-electron chi connectivity index (χ3n) is 15.3. The molecule has 0 saturated carbocycles. The van der Waals surface area contributed by atoms with Crippen LogP contribution in [0.2, 0.25) is 0 Å². The summed E-state index contributed by atoms with van der Waals surface area (Å²) >= 11 is 1.59. The number of carbonyl (C=O) groups is 7. The first-order chi connectivity index (χ1) is 44.6. The summed E-state index contributed by atoms with van der Waals surface area (Å²) in [5.41, 5.74) is 9.26. The molecule has 0 aliphatic carbocycles. The summed E-state index contributed by atoms with van der Waals surface area (Å²) in [6.45, 7) is 14.1. The first-order valence-electron chi connectivity index (χ1n) is 31.1. The highest BCUT2D eigenvalue weighted by Crippen LogP contribution is 2.42. The number of esters is 1. The van der Waals surface area contributed by atoms with Gasteiger partial charge in [0, 0.05) is 78.2 Å². The highest BCUT2D eigenvalue weighted by Gasteiger charge is 2.51. The topological polar surface area (TPSA) is 334 Å². The number of anilines is 1. The van der Waals surface area contributed by atoms with Gasteiger partial charge in [-0.1, -0.05) is 86.8 Å². The van der Waals surface area contributed by atoms with Crippen LogP contribution >= 0.6 is 11.8 Å². The summed E-state index contributed by atoms with van der Waals surface area (Å²) in [6, 6.07) is 14.7. The van der Waals surface area contributed by atoms with E-state index in [1.807, 2.05) is 38.1 Å². The van der Waals surface area contributed by atoms with E-state index < -0.39 is 60.3 Å². The van der Waals surface area contributed by atoms with Gasteiger partial charge >= 0.3 is 12.1 Å². The van der Waals surface area contributed by atoms with Crippen molar-refractivity contribution in [3.8, 4) is 23.2 Å². The summed E-state index contributed by atoms with van der Waals surface area (Å²) in [4.78, 5) is 121. The van der Waals surface area contributed by atoms with Crippen LogP contribution in [0.25, 0.3) is 22.3 Å². The molecule has 0 unspecified atom stereocenters. The van der Waals surface area contributed by atoms with Crippen molar-refractivity contribution in [3.05, 3.63) is 123 Å². The van der Waals surface area contributed by atoms with Crippen LogP contribution in [0.5, 0.6) is 0 Å². The van der Waals surface area contributed by atoms with E-state index in [9.17, 15) is 38.4 Å². The average Bonchev–Trinajstić information content (AvgIpc) is 1.64. The minimum Gasteiger partial charge on any atom is -0.457 e. The Morgan fingerprint density at radius 1 is 0.925 bits per heavy atom. The quantitative estimate of drug-likeness (QED) is 0.0113. The minimum absolute atomic E-state index is 0.0157. The summed E-state index contributed by atoms with van der Waals surface area (Å²) in [5, 5.41) is 20.8. The number of nitrogens with two attached hydrogens (primary N) is 1. The molecule has 0 fully saturated rings. The zero-order valence-corrected chi connectivity index (χ0v) is 54.4. The molecule has 2 atom stereocenters. The number of fused-ring (bicyclic) bond motifs is 5. The van der Waals surface area contributed by atoms with E-state index in [1.165, 1.54) is 0 Å². The van der Waals surface area contributed by atoms with Crippen molar-refractivity contribution >= 4 is 70.0 Å². The molecule has 26 nitrogen and oxygen atoms in total. The Hall–Kier alpha value is -9.10. The lowest BCUT2D eigenvalue weighted by atomic mass is 9.85. The molecule has 2 aromatic carbocycles. The Kier molecular flexibility index (Phi) is 24.7. The van der Waals surface area contributed by atoms with E-state index in [1.54, 1.807) is 88.7 Å². The third kappa shape index (κ3) is 19.2. The number of pyridine rings is 2. The smallest absolute Gasteiger partial charge is 0.457 e. The Bertz CT molecular complexity index is 3780. The standard InChI is InChI=1S/C66H81N13O13S/c1-8-66(52-32-55-59-50(37-79(55)61(85)51(52)39-90-62(66)86)48(25-28-78(42(2)3)43(4)80)49-17-12-13-18-53(49)74-59)92-64(87)91-38-44-21-23-46(24-22-44)72-60(84)54(19-14-15-26-67)73-58(83)41-89-40-57(82)68-27-30-88-31-29-77-36-47(75-76-77)35-69-56(81)20-11-9-10-16-45-33-70-63(71-34-45)93-65(5,6)7/h12-13,17-18,21-24,32-34,36,42,54H,8-9,11,14-15,19-20,25-31,35,37-41,67H2,1-7H3,(H,68,82)(H,69,81)(H,72,84)(H,73,83)/t54-,66-/m0/s1. The van der Waals surface area contributed by atoms with Gasteiger partial charge in [0.15, 0.2) is 5.16 Å². The van der Waals surface area contributed by atoms with Crippen molar-refractivity contribution in [2.75, 3.05) is 51.4 Å². The molecule has 8 rings (SSSR count). The number of para-hydroxylation sites is 1. The molecule has 4 aromatic heterocycles. The van der Waals surface area contributed by atoms with Crippen LogP contribution in [-0.4, -0.2) is 144 Å². The number of benzene rings is 2. The van der Waals surface area contributed by atoms with Gasteiger partial charge in [0.25, 0.3) is 5.56 Å². The summed E-state index contributed by atoms with van der Waals surface area (Å²) in [7, 11) is 0. The lowest BCUT2D eigenvalue weighted by Crippen LogP contribution is -2.47. The number of nitrogens with one attached hydrogen (secondary N) is 4. The number of cyclic esters (lactones) is 1. The summed E-state index contributed by atoms with van der Waals surface area (Å²) < 4.78 is 31.1. The molecule has 5 amide bonds. The van der Waals surface area contributed by atoms with Gasteiger partial charge < -0.3 is 60.2 Å². The maximum Gasteiger partial charge on any atom is 0.510 e. The lowest BCUT2D eigenvalue weighted by Gasteiger charge is -2.35. The Labute approximate surface area is 543 Å². The van der Waals surface area contributed by atoms with Crippen LogP contribution in [0.4, 0.5) is 10.5 Å². The average molecular weight is 1300 g/mol. The van der Waals surface area contributed by atoms with E-state index in [-0.39, 0.29) is 92.6 Å². The van der Waals surface area contributed by atoms with E-state index in [2.05, 4.69) is 74.2 Å². The van der Waals surface area contributed by atoms with Gasteiger partial charge in [-0.15, -0.1) is 5.10 Å². The minimum atomic E-state index is -2.03. The van der Waals surface area contributed by atoms with Crippen molar-refractivity contribution in [3.63, 3.8) is 0 Å². The van der Waals surface area contributed by atoms with Crippen LogP contribution in [0, 0.1) is 11.8 Å². The van der Waals surface area contributed by atoms with Crippen molar-refractivity contribution < 1.29 is 57.2 Å². The monoisotopic (exact) mass is 1300 g/mol. The number of carbonyl (C=O) groups excluding carboxylic acids is 7. The highest BCUT2D eigenvalue weighted by atomic mass is 32.2. The van der Waals surface area contributed by atoms with Crippen molar-refractivity contribution in [2.24, 2.45) is 5.73 Å². The summed E-state index contributed by atoms with van der Waals surface area (Å²) in [6.07, 6.45) is 7.20. The maximum absolute atomic E-state index is 14.4. The molecule has 0 saturated heterocycles. The van der Waals surface area contributed by atoms with Crippen LogP contribution in [0.3, 0.4) is 0 Å². The number of hydrogen-bond acceptors (Lipinski definition) is 20. The number of hydrogen-bond donors (Lipinski definition) is 5. The molecule has 6 N–H and O–H groups in total. The summed E-state index contributed by atoms with van der Waals surface area (Å²) in [5.74, 6) is 3.46. The molecule has 93 heavy (non-hydrogen) atoms. The Morgan fingerprint density at radius 2 is 1.69 bits per heavy atom. The van der Waals surface area contributed by atoms with E-state index in [0.717, 1.165) is 22.1 Å². The predicted octanol–water partition coefficient (Wildman–Crippen LogP) is 5.75. The van der Waals surface area contributed by atoms with Gasteiger partial charge in [-0.05, 0) is 94.3 Å². The van der Waals surface area contributed by atoms with Gasteiger partial charge in [-0.25, -0.2) is 29.2 Å². The first-order valence-corrected chi connectivity index (χ1v) is 31.9. The largest absolute Gasteiger partial charge is 0.510 e. The Morgan fingerprint density at radius 3 is 2.42 bits per heavy atom. The van der Waals surface area contributed by atoms with Crippen LogP contribution < -0.4 is 32.6 Å². The fraction of sp³-hybridized carbons (Fsp3) is 0.470. The van der Waals surface area contributed by atoms with Crippen molar-refractivity contribution in [1.29, 1.82) is 0 Å². The van der Waals surface area contributed by atoms with Gasteiger partial charge in [-0.2, -0.15) is 0 Å². The van der Waals surface area contributed by atoms with E-state index >= 15 is 0 Å². The maximum atomic E-state index is 14.4. The second-order valence-electron chi connectivity index (χ2n) is 23.6. The van der Waals surface area contributed by atoms with Gasteiger partial charge in [0.2, 0.25) is 35.1 Å². The normalized spacial score (nSPS) is 14.2. The predicted molar refractivity (Wildman–Crippen MR) is 345 cm³/mol. The second kappa shape index (κ2) is 33.0. The van der Waals surface area contributed by atoms with Crippen LogP contribution in [-0.2, 0) is 97.3 Å². The van der Waals surface area contributed by atoms with Crippen LogP contribution in [0.15, 0.2) is 83.1 Å². The van der Waals surface area contributed by atoms with Gasteiger partial charge in [0.1, 0.15) is 38.2 Å². The van der Waals surface area contributed by atoms with E-state index in [0.29, 0.717) is 97.2 Å². The molecule has 27 heteroatoms. The number of rotatable bonds is 31. The number of ether oxygens (including phenoxy) is 5. The fourth-order valence-electron chi connectivity index (χ4n) is 10.6. The first kappa shape index (κ1) is 69.8. The number of amides is 5. The molecule has 0 radical (unpaired) electrons. The number of unbranched alkanes of at least 4 members (excludes halogenated alkanes) is 2. The van der Waals surface area contributed by atoms with Crippen molar-refractivity contribution in [1.82, 2.24) is 55.4 Å². The SMILES string of the molecule is CC[C@@]1(OC(=O)OCc2ccc(NC(=O)[C@H](CCCCN)NC(=O)COCC(=O)NCCOCCn3cc(CNC(=O)CCCC#Cc4cnc(SC(C)(C)C)nc4)nn3)cc2)C(=O)OCc2c1cc1n(c2=O)Cc2c-1nc1ccccc1c2CCN(C(C)=O)C(C)C. The second-order valence-corrected chi connectivity index (χ2v) is 25.4.